The van der Waals surface area contributed by atoms with Crippen LogP contribution in [0.1, 0.15) is 46.1 Å². The number of likely N-dealkylation sites (tertiary alicyclic amines) is 1. The van der Waals surface area contributed by atoms with E-state index in [1.54, 1.807) is 15.8 Å². The summed E-state index contributed by atoms with van der Waals surface area (Å²) in [6, 6.07) is 7.89. The molecule has 0 spiro atoms. The average molecular weight is 413 g/mol. The summed E-state index contributed by atoms with van der Waals surface area (Å²) in [6.45, 7) is 10.4. The number of rotatable bonds is 6. The van der Waals surface area contributed by atoms with Crippen LogP contribution in [0, 0.1) is 5.92 Å². The van der Waals surface area contributed by atoms with Gasteiger partial charge < -0.3 is 15.0 Å². The number of nitrogens with zero attached hydrogens (tertiary/aromatic N) is 3. The Morgan fingerprint density at radius 1 is 1.17 bits per heavy atom. The molecule has 0 unspecified atom stereocenters. The molecule has 1 N–H and O–H groups in total. The first-order valence-corrected chi connectivity index (χ1v) is 10.6. The molecular weight excluding hydrogens is 380 g/mol. The quantitative estimate of drug-likeness (QED) is 0.788. The highest BCUT2D eigenvalue weighted by Crippen LogP contribution is 2.24. The van der Waals surface area contributed by atoms with Crippen molar-refractivity contribution in [1.29, 1.82) is 0 Å². The molecule has 2 amide bonds. The zero-order valence-corrected chi connectivity index (χ0v) is 18.4. The number of aryl methyl sites for hydroxylation is 1. The minimum Gasteiger partial charge on any atom is -0.484 e. The lowest BCUT2D eigenvalue weighted by atomic mass is 9.87. The number of carbonyl (C=O) groups is 2. The van der Waals surface area contributed by atoms with Crippen molar-refractivity contribution < 1.29 is 14.3 Å². The molecule has 0 bridgehead atoms. The molecule has 1 aromatic carbocycles. The van der Waals surface area contributed by atoms with Gasteiger partial charge in [0.1, 0.15) is 5.75 Å². The number of hydrogen-bond acceptors (Lipinski definition) is 4. The number of ether oxygens (including phenoxy) is 1. The number of nitrogens with one attached hydrogen (secondary N) is 1. The molecule has 7 nitrogen and oxygen atoms in total. The molecule has 2 aromatic rings. The van der Waals surface area contributed by atoms with E-state index in [1.165, 1.54) is 5.56 Å². The highest BCUT2D eigenvalue weighted by atomic mass is 16.5. The SMILES string of the molecule is CCn1cc(NC(=O)C2CCN(C(=O)COc3ccc(C(C)(C)C)cc3)CC2)cn1. The second-order valence-corrected chi connectivity index (χ2v) is 8.79. The van der Waals surface area contributed by atoms with E-state index in [-0.39, 0.29) is 29.8 Å². The Kier molecular flexibility index (Phi) is 6.80. The van der Waals surface area contributed by atoms with Gasteiger partial charge in [0.2, 0.25) is 5.91 Å². The fourth-order valence-electron chi connectivity index (χ4n) is 3.52. The van der Waals surface area contributed by atoms with E-state index in [4.69, 9.17) is 4.74 Å². The van der Waals surface area contributed by atoms with Crippen LogP contribution in [0.2, 0.25) is 0 Å². The van der Waals surface area contributed by atoms with Gasteiger partial charge in [0.15, 0.2) is 6.61 Å². The fraction of sp³-hybridized carbons (Fsp3) is 0.522. The van der Waals surface area contributed by atoms with E-state index in [9.17, 15) is 9.59 Å². The van der Waals surface area contributed by atoms with Crippen molar-refractivity contribution in [2.75, 3.05) is 25.0 Å². The highest BCUT2D eigenvalue weighted by Gasteiger charge is 2.27. The minimum absolute atomic E-state index is 0.00654. The Morgan fingerprint density at radius 3 is 2.40 bits per heavy atom. The number of hydrogen-bond donors (Lipinski definition) is 1. The number of piperidine rings is 1. The predicted molar refractivity (Wildman–Crippen MR) is 116 cm³/mol. The van der Waals surface area contributed by atoms with Gasteiger partial charge in [-0.15, -0.1) is 0 Å². The van der Waals surface area contributed by atoms with Crippen LogP contribution in [-0.4, -0.2) is 46.2 Å². The van der Waals surface area contributed by atoms with E-state index in [1.807, 2.05) is 37.4 Å². The van der Waals surface area contributed by atoms with Crippen LogP contribution < -0.4 is 10.1 Å². The number of anilines is 1. The summed E-state index contributed by atoms with van der Waals surface area (Å²) in [4.78, 5) is 26.7. The number of aromatic nitrogens is 2. The Labute approximate surface area is 178 Å². The molecule has 1 aromatic heterocycles. The third kappa shape index (κ3) is 5.62. The summed E-state index contributed by atoms with van der Waals surface area (Å²) >= 11 is 0. The Hall–Kier alpha value is -2.83. The molecule has 162 valence electrons. The van der Waals surface area contributed by atoms with Crippen LogP contribution in [0.5, 0.6) is 5.75 Å². The maximum absolute atomic E-state index is 12.5. The van der Waals surface area contributed by atoms with Crippen molar-refractivity contribution in [2.24, 2.45) is 5.92 Å². The second kappa shape index (κ2) is 9.32. The Morgan fingerprint density at radius 2 is 1.83 bits per heavy atom. The molecular formula is C23H32N4O3. The van der Waals surface area contributed by atoms with Crippen LogP contribution in [0.3, 0.4) is 0 Å². The zero-order chi connectivity index (χ0) is 21.7. The predicted octanol–water partition coefficient (Wildman–Crippen LogP) is 3.46. The monoisotopic (exact) mass is 412 g/mol. The van der Waals surface area contributed by atoms with Crippen molar-refractivity contribution in [3.8, 4) is 5.75 Å². The van der Waals surface area contributed by atoms with Gasteiger partial charge in [-0.2, -0.15) is 5.10 Å². The summed E-state index contributed by atoms with van der Waals surface area (Å²) in [5.74, 6) is 0.550. The number of amides is 2. The van der Waals surface area contributed by atoms with Crippen molar-refractivity contribution in [1.82, 2.24) is 14.7 Å². The summed E-state index contributed by atoms with van der Waals surface area (Å²) in [7, 11) is 0. The largest absolute Gasteiger partial charge is 0.484 e. The number of carbonyl (C=O) groups excluding carboxylic acids is 2. The minimum atomic E-state index is -0.0927. The van der Waals surface area contributed by atoms with Gasteiger partial charge in [-0.05, 0) is 42.9 Å². The van der Waals surface area contributed by atoms with Gasteiger partial charge in [0.25, 0.3) is 5.91 Å². The van der Waals surface area contributed by atoms with Gasteiger partial charge in [0.05, 0.1) is 11.9 Å². The molecule has 30 heavy (non-hydrogen) atoms. The third-order valence-corrected chi connectivity index (χ3v) is 5.53. The van der Waals surface area contributed by atoms with E-state index in [2.05, 4.69) is 31.2 Å². The smallest absolute Gasteiger partial charge is 0.260 e. The van der Waals surface area contributed by atoms with Crippen molar-refractivity contribution in [3.63, 3.8) is 0 Å². The summed E-state index contributed by atoms with van der Waals surface area (Å²) in [5.41, 5.74) is 2.02. The molecule has 1 fully saturated rings. The van der Waals surface area contributed by atoms with E-state index >= 15 is 0 Å². The summed E-state index contributed by atoms with van der Waals surface area (Å²) in [6.07, 6.45) is 4.78. The van der Waals surface area contributed by atoms with Crippen LogP contribution in [-0.2, 0) is 21.5 Å². The van der Waals surface area contributed by atoms with Crippen molar-refractivity contribution in [3.05, 3.63) is 42.2 Å². The topological polar surface area (TPSA) is 76.5 Å². The van der Waals surface area contributed by atoms with Crippen molar-refractivity contribution in [2.45, 2.75) is 52.5 Å². The van der Waals surface area contributed by atoms with E-state index in [0.717, 1.165) is 6.54 Å². The maximum atomic E-state index is 12.5. The summed E-state index contributed by atoms with van der Waals surface area (Å²) < 4.78 is 7.45. The fourth-order valence-corrected chi connectivity index (χ4v) is 3.52. The summed E-state index contributed by atoms with van der Waals surface area (Å²) in [5, 5.41) is 7.09. The molecule has 0 saturated carbocycles. The molecule has 7 heteroatoms. The standard InChI is InChI=1S/C23H32N4O3/c1-5-27-15-19(14-24-27)25-22(29)17-10-12-26(13-11-17)21(28)16-30-20-8-6-18(7-9-20)23(2,3)4/h6-9,14-15,17H,5,10-13,16H2,1-4H3,(H,25,29). The first-order valence-electron chi connectivity index (χ1n) is 10.6. The molecule has 1 aliphatic heterocycles. The molecule has 2 heterocycles. The lowest BCUT2D eigenvalue weighted by Crippen LogP contribution is -2.43. The Bertz CT molecular complexity index is 859. The van der Waals surface area contributed by atoms with Crippen LogP contribution in [0.15, 0.2) is 36.7 Å². The van der Waals surface area contributed by atoms with Crippen LogP contribution >= 0.6 is 0 Å². The van der Waals surface area contributed by atoms with Crippen molar-refractivity contribution >= 4 is 17.5 Å². The molecule has 0 aliphatic carbocycles. The highest BCUT2D eigenvalue weighted by molar-refractivity contribution is 5.92. The van der Waals surface area contributed by atoms with Gasteiger partial charge >= 0.3 is 0 Å². The lowest BCUT2D eigenvalue weighted by Gasteiger charge is -2.31. The second-order valence-electron chi connectivity index (χ2n) is 8.79. The maximum Gasteiger partial charge on any atom is 0.260 e. The van der Waals surface area contributed by atoms with Gasteiger partial charge in [-0.3, -0.25) is 14.3 Å². The third-order valence-electron chi connectivity index (χ3n) is 5.53. The van der Waals surface area contributed by atoms with Crippen LogP contribution in [0.25, 0.3) is 0 Å². The molecule has 0 radical (unpaired) electrons. The molecule has 1 aliphatic rings. The Balaban J connectivity index is 1.43. The molecule has 1 saturated heterocycles. The average Bonchev–Trinajstić information content (AvgIpc) is 3.19. The van der Waals surface area contributed by atoms with Gasteiger partial charge in [0, 0.05) is 31.7 Å². The zero-order valence-electron chi connectivity index (χ0n) is 18.4. The molecule has 0 atom stereocenters. The first kappa shape index (κ1) is 21.9. The molecule has 3 rings (SSSR count). The lowest BCUT2D eigenvalue weighted by molar-refractivity contribution is -0.136. The van der Waals surface area contributed by atoms with Gasteiger partial charge in [-0.25, -0.2) is 0 Å². The van der Waals surface area contributed by atoms with E-state index in [0.29, 0.717) is 37.4 Å². The number of benzene rings is 1. The normalized spacial score (nSPS) is 15.1. The van der Waals surface area contributed by atoms with E-state index < -0.39 is 0 Å². The van der Waals surface area contributed by atoms with Gasteiger partial charge in [-0.1, -0.05) is 32.9 Å². The first-order chi connectivity index (χ1) is 14.3. The van der Waals surface area contributed by atoms with Crippen LogP contribution in [0.4, 0.5) is 5.69 Å².